The molecule has 0 aliphatic heterocycles. The van der Waals surface area contributed by atoms with Crippen LogP contribution < -0.4 is 10.9 Å². The lowest BCUT2D eigenvalue weighted by Gasteiger charge is -2.08. The van der Waals surface area contributed by atoms with Gasteiger partial charge in [-0.3, -0.25) is 9.59 Å². The van der Waals surface area contributed by atoms with Gasteiger partial charge in [-0.2, -0.15) is 13.2 Å². The average Bonchev–Trinajstić information content (AvgIpc) is 3.21. The number of nitrogens with zero attached hydrogens (tertiary/aromatic N) is 2. The van der Waals surface area contributed by atoms with Crippen LogP contribution in [0.15, 0.2) is 54.0 Å². The minimum absolute atomic E-state index is 0.0358. The smallest absolute Gasteiger partial charge is 0.471 e. The van der Waals surface area contributed by atoms with Crippen LogP contribution in [0.5, 0.6) is 0 Å². The van der Waals surface area contributed by atoms with Gasteiger partial charge in [0.2, 0.25) is 0 Å². The van der Waals surface area contributed by atoms with E-state index in [4.69, 9.17) is 5.11 Å². The summed E-state index contributed by atoms with van der Waals surface area (Å²) < 4.78 is 36.4. The number of hydrogen-bond donors (Lipinski definition) is 4. The largest absolute Gasteiger partial charge is 0.477 e. The van der Waals surface area contributed by atoms with Gasteiger partial charge < -0.3 is 20.4 Å². The van der Waals surface area contributed by atoms with Crippen molar-refractivity contribution in [3.8, 4) is 11.4 Å². The molecule has 28 heavy (non-hydrogen) atoms. The first-order valence-corrected chi connectivity index (χ1v) is 7.42. The van der Waals surface area contributed by atoms with E-state index in [-0.39, 0.29) is 11.5 Å². The van der Waals surface area contributed by atoms with Crippen LogP contribution in [0.25, 0.3) is 11.4 Å². The van der Waals surface area contributed by atoms with Gasteiger partial charge in [-0.1, -0.05) is 0 Å². The van der Waals surface area contributed by atoms with Crippen LogP contribution in [0.2, 0.25) is 0 Å². The summed E-state index contributed by atoms with van der Waals surface area (Å²) in [5.41, 5.74) is -1.18. The number of hydrogen-bond acceptors (Lipinski definition) is 5. The first-order chi connectivity index (χ1) is 13.2. The Morgan fingerprint density at radius 1 is 1.14 bits per heavy atom. The number of rotatable bonds is 3. The van der Waals surface area contributed by atoms with E-state index in [1.807, 2.05) is 0 Å². The molecule has 0 saturated heterocycles. The number of alkyl halides is 3. The molecular weight excluding hydrogens is 383 g/mol. The summed E-state index contributed by atoms with van der Waals surface area (Å²) in [6, 6.07) is 4.99. The molecule has 2 aromatic heterocycles. The third-order valence-corrected chi connectivity index (χ3v) is 3.11. The van der Waals surface area contributed by atoms with Crippen molar-refractivity contribution in [1.29, 1.82) is 0 Å². The first kappa shape index (κ1) is 20.4. The molecule has 4 N–H and O–H groups in total. The maximum Gasteiger partial charge on any atom is 0.471 e. The Bertz CT molecular complexity index is 981. The Labute approximate surface area is 154 Å². The number of aromatic carboxylic acids is 1. The Balaban J connectivity index is 0.000000485. The van der Waals surface area contributed by atoms with Gasteiger partial charge >= 0.3 is 18.1 Å². The van der Waals surface area contributed by atoms with Crippen molar-refractivity contribution in [2.24, 2.45) is 0 Å². The number of carbonyl (C=O) groups is 2. The standard InChI is InChI=1S/C13H8F3N3O4.C3H4N2/c14-13(15,16)12(23)18-7-3-1-6(2-4-7)9-17-5-8(11(21)22)10(20)19-9;1-2-5-3-4-1/h1-5H,(H,18,23)(H,21,22)(H,17,19,20);1-3H,(H,4,5). The van der Waals surface area contributed by atoms with Crippen molar-refractivity contribution in [3.63, 3.8) is 0 Å². The van der Waals surface area contributed by atoms with E-state index >= 15 is 0 Å². The topological polar surface area (TPSA) is 141 Å². The second-order valence-electron chi connectivity index (χ2n) is 5.07. The lowest BCUT2D eigenvalue weighted by Crippen LogP contribution is -2.29. The first-order valence-electron chi connectivity index (χ1n) is 7.42. The molecule has 0 aliphatic carbocycles. The summed E-state index contributed by atoms with van der Waals surface area (Å²) in [5.74, 6) is -3.51. The molecule has 1 amide bonds. The maximum absolute atomic E-state index is 12.1. The van der Waals surface area contributed by atoms with Crippen LogP contribution >= 0.6 is 0 Å². The highest BCUT2D eigenvalue weighted by Gasteiger charge is 2.38. The highest BCUT2D eigenvalue weighted by atomic mass is 19.4. The van der Waals surface area contributed by atoms with Gasteiger partial charge in [0.25, 0.3) is 5.56 Å². The molecule has 0 atom stereocenters. The second-order valence-corrected chi connectivity index (χ2v) is 5.07. The summed E-state index contributed by atoms with van der Waals surface area (Å²) in [5, 5.41) is 10.4. The van der Waals surface area contributed by atoms with Gasteiger partial charge in [0.15, 0.2) is 0 Å². The molecule has 0 unspecified atom stereocenters. The van der Waals surface area contributed by atoms with Crippen LogP contribution in [0, 0.1) is 0 Å². The summed E-state index contributed by atoms with van der Waals surface area (Å²) in [7, 11) is 0. The Morgan fingerprint density at radius 2 is 1.82 bits per heavy atom. The van der Waals surface area contributed by atoms with Gasteiger partial charge in [-0.25, -0.2) is 14.8 Å². The van der Waals surface area contributed by atoms with E-state index < -0.39 is 29.2 Å². The normalized spacial score (nSPS) is 10.5. The number of carbonyl (C=O) groups excluding carboxylic acids is 1. The van der Waals surface area contributed by atoms with Crippen LogP contribution in [-0.2, 0) is 4.79 Å². The minimum atomic E-state index is -5.00. The quantitative estimate of drug-likeness (QED) is 0.535. The van der Waals surface area contributed by atoms with Crippen LogP contribution in [0.1, 0.15) is 10.4 Å². The molecular formula is C16H12F3N5O4. The predicted molar refractivity (Wildman–Crippen MR) is 90.5 cm³/mol. The van der Waals surface area contributed by atoms with Gasteiger partial charge in [-0.05, 0) is 24.3 Å². The Morgan fingerprint density at radius 3 is 2.25 bits per heavy atom. The number of H-pyrrole nitrogens is 2. The van der Waals surface area contributed by atoms with E-state index in [0.717, 1.165) is 6.20 Å². The third-order valence-electron chi connectivity index (χ3n) is 3.11. The molecule has 0 fully saturated rings. The van der Waals surface area contributed by atoms with E-state index in [9.17, 15) is 27.6 Å². The van der Waals surface area contributed by atoms with Crippen molar-refractivity contribution < 1.29 is 27.9 Å². The molecule has 3 aromatic rings. The fourth-order valence-electron chi connectivity index (χ4n) is 1.82. The second kappa shape index (κ2) is 8.62. The number of aromatic amines is 2. The Hall–Kier alpha value is -3.96. The fraction of sp³-hybridized carbons (Fsp3) is 0.0625. The lowest BCUT2D eigenvalue weighted by atomic mass is 10.2. The van der Waals surface area contributed by atoms with Crippen molar-refractivity contribution >= 4 is 17.6 Å². The highest BCUT2D eigenvalue weighted by molar-refractivity contribution is 5.95. The molecule has 12 heteroatoms. The number of benzene rings is 1. The van der Waals surface area contributed by atoms with Crippen molar-refractivity contribution in [2.75, 3.05) is 5.32 Å². The number of nitrogens with one attached hydrogen (secondary N) is 3. The van der Waals surface area contributed by atoms with Crippen molar-refractivity contribution in [3.05, 3.63) is 65.1 Å². The summed E-state index contributed by atoms with van der Waals surface area (Å²) in [6.07, 6.45) is 0.952. The van der Waals surface area contributed by atoms with E-state index in [0.29, 0.717) is 5.56 Å². The zero-order valence-electron chi connectivity index (χ0n) is 13.8. The van der Waals surface area contributed by atoms with Crippen molar-refractivity contribution in [1.82, 2.24) is 19.9 Å². The number of anilines is 1. The van der Waals surface area contributed by atoms with E-state index in [1.54, 1.807) is 24.0 Å². The number of aromatic nitrogens is 4. The molecule has 0 aliphatic rings. The number of halogens is 3. The van der Waals surface area contributed by atoms with Crippen molar-refractivity contribution in [2.45, 2.75) is 6.18 Å². The highest BCUT2D eigenvalue weighted by Crippen LogP contribution is 2.20. The summed E-state index contributed by atoms with van der Waals surface area (Å²) in [6.45, 7) is 0. The van der Waals surface area contributed by atoms with Gasteiger partial charge in [-0.15, -0.1) is 0 Å². The summed E-state index contributed by atoms with van der Waals surface area (Å²) >= 11 is 0. The predicted octanol–water partition coefficient (Wildman–Crippen LogP) is 2.05. The molecule has 1 aromatic carbocycles. The Kier molecular flexibility index (Phi) is 6.26. The maximum atomic E-state index is 12.1. The minimum Gasteiger partial charge on any atom is -0.477 e. The molecule has 3 rings (SSSR count). The zero-order valence-corrected chi connectivity index (χ0v) is 13.8. The number of imidazole rings is 1. The van der Waals surface area contributed by atoms with Gasteiger partial charge in [0.1, 0.15) is 11.4 Å². The third kappa shape index (κ3) is 5.52. The lowest BCUT2D eigenvalue weighted by molar-refractivity contribution is -0.167. The monoisotopic (exact) mass is 395 g/mol. The van der Waals surface area contributed by atoms with Gasteiger partial charge in [0, 0.05) is 29.8 Å². The summed E-state index contributed by atoms with van der Waals surface area (Å²) in [4.78, 5) is 45.4. The number of carboxylic acid groups (broad SMARTS) is 1. The molecule has 2 heterocycles. The molecule has 0 spiro atoms. The molecule has 146 valence electrons. The van der Waals surface area contributed by atoms with Crippen LogP contribution in [-0.4, -0.2) is 43.1 Å². The molecule has 0 radical (unpaired) electrons. The van der Waals surface area contributed by atoms with Crippen LogP contribution in [0.3, 0.4) is 0 Å². The van der Waals surface area contributed by atoms with Crippen LogP contribution in [0.4, 0.5) is 18.9 Å². The SMILES string of the molecule is O=C(O)c1cnc(-c2ccc(NC(=O)C(F)(F)F)cc2)[nH]c1=O.c1c[nH]cn1. The number of amides is 1. The van der Waals surface area contributed by atoms with Gasteiger partial charge in [0.05, 0.1) is 6.33 Å². The van der Waals surface area contributed by atoms with E-state index in [1.165, 1.54) is 24.3 Å². The number of carboxylic acids is 1. The molecule has 9 nitrogen and oxygen atoms in total. The molecule has 0 saturated carbocycles. The average molecular weight is 395 g/mol. The molecule has 0 bridgehead atoms. The fourth-order valence-corrected chi connectivity index (χ4v) is 1.82. The van der Waals surface area contributed by atoms with E-state index in [2.05, 4.69) is 19.9 Å². The zero-order chi connectivity index (χ0) is 20.7.